The first kappa shape index (κ1) is 25.4. The molecule has 4 fully saturated rings. The molecule has 3 atom stereocenters. The Labute approximate surface area is 205 Å². The lowest BCUT2D eigenvalue weighted by Gasteiger charge is -2.34. The van der Waals surface area contributed by atoms with Gasteiger partial charge in [0.1, 0.15) is 5.75 Å². The highest BCUT2D eigenvalue weighted by Gasteiger charge is 2.64. The van der Waals surface area contributed by atoms with Crippen LogP contribution in [-0.2, 0) is 30.4 Å². The predicted octanol–water partition coefficient (Wildman–Crippen LogP) is 1.18. The number of ether oxygens (including phenoxy) is 3. The predicted molar refractivity (Wildman–Crippen MR) is 126 cm³/mol. The maximum Gasteiger partial charge on any atom is 0.290 e. The number of hydrogen-bond acceptors (Lipinski definition) is 7. The second-order valence-corrected chi connectivity index (χ2v) is 9.70. The summed E-state index contributed by atoms with van der Waals surface area (Å²) >= 11 is 0. The van der Waals surface area contributed by atoms with Crippen molar-refractivity contribution in [3.63, 3.8) is 0 Å². The van der Waals surface area contributed by atoms with Crippen LogP contribution in [0.3, 0.4) is 0 Å². The summed E-state index contributed by atoms with van der Waals surface area (Å²) in [5, 5.41) is 6.89. The zero-order valence-corrected chi connectivity index (χ0v) is 20.4. The zero-order chi connectivity index (χ0) is 25.0. The number of carbonyl (C=O) groups is 3. The molecule has 1 aromatic rings. The van der Waals surface area contributed by atoms with Gasteiger partial charge in [-0.1, -0.05) is 26.0 Å². The van der Waals surface area contributed by atoms with Crippen LogP contribution in [0.15, 0.2) is 24.3 Å². The molecule has 1 aromatic carbocycles. The number of hydrogen-bond donors (Lipinski definition) is 1. The lowest BCUT2D eigenvalue weighted by atomic mass is 10.0. The van der Waals surface area contributed by atoms with Crippen molar-refractivity contribution >= 4 is 18.3 Å². The number of carboxylic acid groups (broad SMARTS) is 1. The SMILES string of the molecule is CC(C)[C@@H]1CO[C@@]23CCN(Cc4ccc(OCC(=O)N5CCOCC5)cc4)[C@@H]2CC(=O)N13.O=CO. The molecule has 4 aliphatic heterocycles. The highest BCUT2D eigenvalue weighted by molar-refractivity contribution is 5.82. The van der Waals surface area contributed by atoms with E-state index < -0.39 is 5.72 Å². The van der Waals surface area contributed by atoms with Crippen molar-refractivity contribution in [2.45, 2.75) is 51.0 Å². The molecule has 1 spiro atoms. The smallest absolute Gasteiger partial charge is 0.290 e. The van der Waals surface area contributed by atoms with E-state index in [0.29, 0.717) is 51.0 Å². The molecular formula is C25H35N3O7. The van der Waals surface area contributed by atoms with Gasteiger partial charge >= 0.3 is 0 Å². The zero-order valence-electron chi connectivity index (χ0n) is 20.4. The quantitative estimate of drug-likeness (QED) is 0.594. The van der Waals surface area contributed by atoms with Crippen LogP contribution < -0.4 is 4.74 Å². The monoisotopic (exact) mass is 489 g/mol. The van der Waals surface area contributed by atoms with E-state index in [1.165, 1.54) is 5.56 Å². The second-order valence-electron chi connectivity index (χ2n) is 9.70. The number of carbonyl (C=O) groups excluding carboxylic acids is 2. The van der Waals surface area contributed by atoms with Crippen molar-refractivity contribution in [2.75, 3.05) is 46.1 Å². The lowest BCUT2D eigenvalue weighted by Crippen LogP contribution is -2.50. The van der Waals surface area contributed by atoms with Gasteiger partial charge in [0, 0.05) is 39.0 Å². The molecule has 4 heterocycles. The van der Waals surface area contributed by atoms with E-state index in [1.54, 1.807) is 4.90 Å². The van der Waals surface area contributed by atoms with Crippen LogP contribution in [0, 0.1) is 5.92 Å². The average Bonchev–Trinajstić information content (AvgIpc) is 3.49. The van der Waals surface area contributed by atoms with Gasteiger partial charge in [0.25, 0.3) is 12.4 Å². The second kappa shape index (κ2) is 10.9. The Morgan fingerprint density at radius 1 is 1.23 bits per heavy atom. The summed E-state index contributed by atoms with van der Waals surface area (Å²) < 4.78 is 17.3. The molecule has 35 heavy (non-hydrogen) atoms. The van der Waals surface area contributed by atoms with Gasteiger partial charge in [-0.2, -0.15) is 0 Å². The molecule has 0 bridgehead atoms. The molecule has 0 aromatic heterocycles. The summed E-state index contributed by atoms with van der Waals surface area (Å²) in [4.78, 5) is 39.7. The molecular weight excluding hydrogens is 454 g/mol. The van der Waals surface area contributed by atoms with Crippen molar-refractivity contribution in [1.29, 1.82) is 0 Å². The van der Waals surface area contributed by atoms with Gasteiger partial charge in [0.2, 0.25) is 5.91 Å². The van der Waals surface area contributed by atoms with Gasteiger partial charge in [0.05, 0.1) is 31.9 Å². The highest BCUT2D eigenvalue weighted by Crippen LogP contribution is 2.49. The van der Waals surface area contributed by atoms with E-state index in [-0.39, 0.29) is 37.0 Å². The van der Waals surface area contributed by atoms with Crippen LogP contribution in [0.25, 0.3) is 0 Å². The fraction of sp³-hybridized carbons (Fsp3) is 0.640. The van der Waals surface area contributed by atoms with E-state index in [2.05, 4.69) is 23.6 Å². The third-order valence-electron chi connectivity index (χ3n) is 7.40. The number of benzene rings is 1. The number of rotatable bonds is 6. The maximum absolute atomic E-state index is 12.8. The molecule has 0 aliphatic carbocycles. The van der Waals surface area contributed by atoms with Gasteiger partial charge < -0.3 is 29.1 Å². The van der Waals surface area contributed by atoms with Crippen molar-refractivity contribution < 1.29 is 33.7 Å². The van der Waals surface area contributed by atoms with E-state index in [9.17, 15) is 9.59 Å². The lowest BCUT2D eigenvalue weighted by molar-refractivity contribution is -0.139. The normalized spacial score (nSPS) is 27.9. The fourth-order valence-corrected chi connectivity index (χ4v) is 5.62. The Bertz CT molecular complexity index is 903. The number of amides is 2. The van der Waals surface area contributed by atoms with Crippen LogP contribution in [-0.4, -0.2) is 102 Å². The minimum absolute atomic E-state index is 0.00791. The van der Waals surface area contributed by atoms with Crippen LogP contribution in [0.5, 0.6) is 5.75 Å². The van der Waals surface area contributed by atoms with Crippen LogP contribution in [0.2, 0.25) is 0 Å². The van der Waals surface area contributed by atoms with Gasteiger partial charge in [-0.15, -0.1) is 0 Å². The Morgan fingerprint density at radius 3 is 2.57 bits per heavy atom. The van der Waals surface area contributed by atoms with Crippen molar-refractivity contribution in [3.05, 3.63) is 29.8 Å². The number of likely N-dealkylation sites (tertiary alicyclic amines) is 1. The molecule has 5 rings (SSSR count). The van der Waals surface area contributed by atoms with E-state index >= 15 is 0 Å². The van der Waals surface area contributed by atoms with E-state index in [4.69, 9.17) is 24.1 Å². The molecule has 10 heteroatoms. The third-order valence-corrected chi connectivity index (χ3v) is 7.40. The van der Waals surface area contributed by atoms with Gasteiger partial charge in [-0.05, 0) is 23.6 Å². The number of nitrogens with zero attached hydrogens (tertiary/aromatic N) is 3. The van der Waals surface area contributed by atoms with Crippen LogP contribution in [0.4, 0.5) is 0 Å². The van der Waals surface area contributed by atoms with Crippen molar-refractivity contribution in [2.24, 2.45) is 5.92 Å². The fourth-order valence-electron chi connectivity index (χ4n) is 5.62. The van der Waals surface area contributed by atoms with Crippen LogP contribution in [0.1, 0.15) is 32.3 Å². The Hall–Kier alpha value is -2.69. The summed E-state index contributed by atoms with van der Waals surface area (Å²) in [5.74, 6) is 1.30. The Morgan fingerprint density at radius 2 is 1.91 bits per heavy atom. The molecule has 4 aliphatic rings. The molecule has 0 unspecified atom stereocenters. The largest absolute Gasteiger partial charge is 0.484 e. The summed E-state index contributed by atoms with van der Waals surface area (Å²) in [7, 11) is 0. The third kappa shape index (κ3) is 5.14. The van der Waals surface area contributed by atoms with Crippen molar-refractivity contribution in [3.8, 4) is 5.75 Å². The van der Waals surface area contributed by atoms with Gasteiger partial charge in [-0.25, -0.2) is 0 Å². The molecule has 192 valence electrons. The van der Waals surface area contributed by atoms with E-state index in [1.807, 2.05) is 24.3 Å². The first-order valence-corrected chi connectivity index (χ1v) is 12.2. The van der Waals surface area contributed by atoms with Crippen molar-refractivity contribution in [1.82, 2.24) is 14.7 Å². The summed E-state index contributed by atoms with van der Waals surface area (Å²) in [6.07, 6.45) is 1.41. The Balaban J connectivity index is 0.000000917. The molecule has 10 nitrogen and oxygen atoms in total. The summed E-state index contributed by atoms with van der Waals surface area (Å²) in [6, 6.07) is 8.22. The minimum atomic E-state index is -0.436. The average molecular weight is 490 g/mol. The summed E-state index contributed by atoms with van der Waals surface area (Å²) in [6.45, 7) is 8.89. The molecule has 0 saturated carbocycles. The van der Waals surface area contributed by atoms with Gasteiger partial charge in [-0.3, -0.25) is 19.3 Å². The summed E-state index contributed by atoms with van der Waals surface area (Å²) in [5.41, 5.74) is 0.729. The standard InChI is InChI=1S/C24H33N3O5.CH2O2/c1-17(2)20-15-32-24-7-8-26(21(24)13-22(28)27(20)24)14-18-3-5-19(6-4-18)31-16-23(29)25-9-11-30-12-10-25;2-1-3/h3-6,17,20-21H,7-16H2,1-2H3;1H,(H,2,3)/t20-,21+,24-;/m0./s1. The number of morpholine rings is 1. The molecule has 4 saturated heterocycles. The first-order chi connectivity index (χ1) is 16.9. The maximum atomic E-state index is 12.8. The molecule has 1 N–H and O–H groups in total. The van der Waals surface area contributed by atoms with Crippen LogP contribution >= 0.6 is 0 Å². The minimum Gasteiger partial charge on any atom is -0.484 e. The molecule has 0 radical (unpaired) electrons. The van der Waals surface area contributed by atoms with Gasteiger partial charge in [0.15, 0.2) is 12.3 Å². The highest BCUT2D eigenvalue weighted by atomic mass is 16.5. The topological polar surface area (TPSA) is 109 Å². The molecule has 2 amide bonds. The van der Waals surface area contributed by atoms with E-state index in [0.717, 1.165) is 19.5 Å². The Kier molecular flexibility index (Phi) is 7.93. The first-order valence-electron chi connectivity index (χ1n) is 12.2.